The maximum Gasteiger partial charge on any atom is 0.303 e. The predicted molar refractivity (Wildman–Crippen MR) is 105 cm³/mol. The highest BCUT2D eigenvalue weighted by atomic mass is 35.5. The molecule has 0 aliphatic rings. The number of anilines is 1. The molecule has 1 N–H and O–H groups in total. The van der Waals surface area contributed by atoms with Gasteiger partial charge in [-0.1, -0.05) is 30.3 Å². The molecule has 0 spiro atoms. The van der Waals surface area contributed by atoms with Crippen LogP contribution in [0.3, 0.4) is 0 Å². The third kappa shape index (κ3) is 5.74. The monoisotopic (exact) mass is 409 g/mol. The van der Waals surface area contributed by atoms with Crippen molar-refractivity contribution in [2.45, 2.75) is 17.7 Å². The third-order valence-electron chi connectivity index (χ3n) is 3.63. The molecule has 0 unspecified atom stereocenters. The van der Waals surface area contributed by atoms with E-state index in [1.807, 2.05) is 0 Å². The summed E-state index contributed by atoms with van der Waals surface area (Å²) in [6, 6.07) is 12.4. The van der Waals surface area contributed by atoms with Crippen LogP contribution in [0.4, 0.5) is 5.69 Å². The molecule has 2 aromatic rings. The molecule has 144 valence electrons. The third-order valence-corrected chi connectivity index (χ3v) is 5.72. The van der Waals surface area contributed by atoms with E-state index in [-0.39, 0.29) is 30.9 Å². The van der Waals surface area contributed by atoms with Crippen molar-refractivity contribution < 1.29 is 23.1 Å². The lowest BCUT2D eigenvalue weighted by atomic mass is 10.2. The van der Waals surface area contributed by atoms with Gasteiger partial charge in [0.05, 0.1) is 10.6 Å². The SMILES string of the molecule is C=CCOc1cccc(N(CCCC(=O)O)S(=O)(=O)c2ccc(Cl)cc2)c1. The van der Waals surface area contributed by atoms with Gasteiger partial charge in [0.1, 0.15) is 12.4 Å². The maximum atomic E-state index is 13.1. The fourth-order valence-corrected chi connectivity index (χ4v) is 4.00. The van der Waals surface area contributed by atoms with Crippen LogP contribution in [0.2, 0.25) is 5.02 Å². The standard InChI is InChI=1S/C19H20ClNO5S/c1-2-13-26-17-6-3-5-16(14-17)21(12-4-7-19(22)23)27(24,25)18-10-8-15(20)9-11-18/h2-3,5-6,8-11,14H,1,4,7,12-13H2,(H,22,23). The molecular formula is C19H20ClNO5S. The zero-order valence-electron chi connectivity index (χ0n) is 14.5. The highest BCUT2D eigenvalue weighted by Crippen LogP contribution is 2.28. The molecule has 6 nitrogen and oxygen atoms in total. The molecule has 0 radical (unpaired) electrons. The Labute approximate surface area is 163 Å². The Morgan fingerprint density at radius 1 is 1.22 bits per heavy atom. The molecule has 0 amide bonds. The molecule has 0 aromatic heterocycles. The number of sulfonamides is 1. The molecule has 0 bridgehead atoms. The number of halogens is 1. The number of hydrogen-bond donors (Lipinski definition) is 1. The van der Waals surface area contributed by atoms with Crippen LogP contribution in [0.15, 0.2) is 66.1 Å². The van der Waals surface area contributed by atoms with Crippen LogP contribution in [0.25, 0.3) is 0 Å². The van der Waals surface area contributed by atoms with E-state index in [4.69, 9.17) is 21.4 Å². The number of benzene rings is 2. The lowest BCUT2D eigenvalue weighted by Gasteiger charge is -2.25. The Morgan fingerprint density at radius 2 is 1.93 bits per heavy atom. The van der Waals surface area contributed by atoms with E-state index in [0.717, 1.165) is 0 Å². The van der Waals surface area contributed by atoms with Gasteiger partial charge in [-0.05, 0) is 42.8 Å². The molecule has 0 aliphatic carbocycles. The van der Waals surface area contributed by atoms with Crippen molar-refractivity contribution in [3.8, 4) is 5.75 Å². The number of aliphatic carboxylic acids is 1. The second-order valence-electron chi connectivity index (χ2n) is 5.63. The van der Waals surface area contributed by atoms with E-state index in [0.29, 0.717) is 16.5 Å². The van der Waals surface area contributed by atoms with Gasteiger partial charge in [-0.15, -0.1) is 0 Å². The number of nitrogens with zero attached hydrogens (tertiary/aromatic N) is 1. The predicted octanol–water partition coefficient (Wildman–Crippen LogP) is 3.96. The highest BCUT2D eigenvalue weighted by molar-refractivity contribution is 7.92. The Morgan fingerprint density at radius 3 is 2.56 bits per heavy atom. The van der Waals surface area contributed by atoms with Crippen LogP contribution in [0, 0.1) is 0 Å². The second kappa shape index (κ2) is 9.43. The molecule has 0 aliphatic heterocycles. The molecular weight excluding hydrogens is 390 g/mol. The Bertz CT molecular complexity index is 897. The molecule has 2 rings (SSSR count). The summed E-state index contributed by atoms with van der Waals surface area (Å²) >= 11 is 5.85. The summed E-state index contributed by atoms with van der Waals surface area (Å²) in [5.74, 6) is -0.496. The van der Waals surface area contributed by atoms with Gasteiger partial charge >= 0.3 is 5.97 Å². The van der Waals surface area contributed by atoms with Crippen LogP contribution in [0.5, 0.6) is 5.75 Å². The first-order valence-corrected chi connectivity index (χ1v) is 10.0. The minimum atomic E-state index is -3.90. The fourth-order valence-electron chi connectivity index (χ4n) is 2.38. The van der Waals surface area contributed by atoms with E-state index in [1.54, 1.807) is 30.3 Å². The van der Waals surface area contributed by atoms with Crippen molar-refractivity contribution in [3.63, 3.8) is 0 Å². The summed E-state index contributed by atoms with van der Waals surface area (Å²) in [6.45, 7) is 3.88. The number of carboxylic acids is 1. The number of rotatable bonds is 10. The number of carboxylic acid groups (broad SMARTS) is 1. The van der Waals surface area contributed by atoms with Crippen LogP contribution >= 0.6 is 11.6 Å². The van der Waals surface area contributed by atoms with Crippen molar-refractivity contribution in [1.82, 2.24) is 0 Å². The van der Waals surface area contributed by atoms with Crippen molar-refractivity contribution in [1.29, 1.82) is 0 Å². The van der Waals surface area contributed by atoms with Crippen LogP contribution in [-0.4, -0.2) is 32.6 Å². The van der Waals surface area contributed by atoms with Gasteiger partial charge in [0.15, 0.2) is 0 Å². The van der Waals surface area contributed by atoms with Crippen LogP contribution in [0.1, 0.15) is 12.8 Å². The molecule has 0 atom stereocenters. The molecule has 0 fully saturated rings. The van der Waals surface area contributed by atoms with Gasteiger partial charge in [0.2, 0.25) is 0 Å². The average Bonchev–Trinajstić information content (AvgIpc) is 2.63. The summed E-state index contributed by atoms with van der Waals surface area (Å²) in [6.07, 6.45) is 1.61. The zero-order valence-corrected chi connectivity index (χ0v) is 16.1. The van der Waals surface area contributed by atoms with Gasteiger partial charge in [-0.25, -0.2) is 8.42 Å². The Balaban J connectivity index is 2.39. The number of ether oxygens (including phenoxy) is 1. The first-order valence-electron chi connectivity index (χ1n) is 8.18. The van der Waals surface area contributed by atoms with Gasteiger partial charge in [-0.2, -0.15) is 0 Å². The van der Waals surface area contributed by atoms with Crippen molar-refractivity contribution >= 4 is 33.3 Å². The van der Waals surface area contributed by atoms with E-state index in [9.17, 15) is 13.2 Å². The maximum absolute atomic E-state index is 13.1. The van der Waals surface area contributed by atoms with Crippen molar-refractivity contribution in [3.05, 3.63) is 66.2 Å². The lowest BCUT2D eigenvalue weighted by Crippen LogP contribution is -2.32. The number of hydrogen-bond acceptors (Lipinski definition) is 4. The fraction of sp³-hybridized carbons (Fsp3) is 0.211. The quantitative estimate of drug-likeness (QED) is 0.600. The zero-order chi connectivity index (χ0) is 19.9. The summed E-state index contributed by atoms with van der Waals surface area (Å²) in [5.41, 5.74) is 0.386. The summed E-state index contributed by atoms with van der Waals surface area (Å²) in [5, 5.41) is 9.30. The van der Waals surface area contributed by atoms with Crippen LogP contribution in [-0.2, 0) is 14.8 Å². The summed E-state index contributed by atoms with van der Waals surface area (Å²) in [7, 11) is -3.90. The molecule has 2 aromatic carbocycles. The summed E-state index contributed by atoms with van der Waals surface area (Å²) < 4.78 is 32.9. The molecule has 27 heavy (non-hydrogen) atoms. The minimum Gasteiger partial charge on any atom is -0.489 e. The highest BCUT2D eigenvalue weighted by Gasteiger charge is 2.25. The van der Waals surface area contributed by atoms with Gasteiger partial charge < -0.3 is 9.84 Å². The first-order chi connectivity index (χ1) is 12.8. The second-order valence-corrected chi connectivity index (χ2v) is 7.92. The average molecular weight is 410 g/mol. The van der Waals surface area contributed by atoms with Gasteiger partial charge in [0, 0.05) is 24.1 Å². The lowest BCUT2D eigenvalue weighted by molar-refractivity contribution is -0.137. The van der Waals surface area contributed by atoms with Crippen molar-refractivity contribution in [2.75, 3.05) is 17.5 Å². The van der Waals surface area contributed by atoms with Crippen molar-refractivity contribution in [2.24, 2.45) is 0 Å². The van der Waals surface area contributed by atoms with E-state index < -0.39 is 16.0 Å². The molecule has 8 heteroatoms. The molecule has 0 heterocycles. The first kappa shape index (κ1) is 20.8. The largest absolute Gasteiger partial charge is 0.489 e. The molecule has 0 saturated carbocycles. The van der Waals surface area contributed by atoms with Crippen LogP contribution < -0.4 is 9.04 Å². The van der Waals surface area contributed by atoms with Gasteiger partial charge in [0.25, 0.3) is 10.0 Å². The summed E-state index contributed by atoms with van der Waals surface area (Å²) in [4.78, 5) is 10.9. The number of carbonyl (C=O) groups is 1. The smallest absolute Gasteiger partial charge is 0.303 e. The van der Waals surface area contributed by atoms with Gasteiger partial charge in [-0.3, -0.25) is 9.10 Å². The normalized spacial score (nSPS) is 11.0. The van der Waals surface area contributed by atoms with E-state index >= 15 is 0 Å². The topological polar surface area (TPSA) is 83.9 Å². The Hall–Kier alpha value is -2.51. The van der Waals surface area contributed by atoms with E-state index in [1.165, 1.54) is 28.6 Å². The van der Waals surface area contributed by atoms with E-state index in [2.05, 4.69) is 6.58 Å². The minimum absolute atomic E-state index is 0.0160. The Kier molecular flexibility index (Phi) is 7.27. The molecule has 0 saturated heterocycles.